The zero-order chi connectivity index (χ0) is 39.7. The van der Waals surface area contributed by atoms with E-state index in [1.807, 2.05) is 38.1 Å². The smallest absolute Gasteiger partial charge is 0.242 e. The summed E-state index contributed by atoms with van der Waals surface area (Å²) >= 11 is 18.5. The zero-order valence-corrected chi connectivity index (χ0v) is 36.6. The van der Waals surface area contributed by atoms with Crippen molar-refractivity contribution in [2.75, 3.05) is 16.9 Å². The Morgan fingerprint density at radius 2 is 1.68 bits per heavy atom. The molecular formula is C41H32Br3ClN4O6S. The summed E-state index contributed by atoms with van der Waals surface area (Å²) < 4.78 is 9.81. The number of anilines is 2. The fourth-order valence-electron chi connectivity index (χ4n) is 9.62. The maximum atomic E-state index is 15.3. The molecule has 5 aromatic rings. The van der Waals surface area contributed by atoms with Crippen LogP contribution in [0.15, 0.2) is 79.7 Å². The van der Waals surface area contributed by atoms with Gasteiger partial charge in [0, 0.05) is 37.7 Å². The van der Waals surface area contributed by atoms with E-state index in [1.165, 1.54) is 16.9 Å². The highest BCUT2D eigenvalue weighted by Gasteiger charge is 2.68. The molecule has 9 rings (SSSR count). The summed E-state index contributed by atoms with van der Waals surface area (Å²) in [7, 11) is 3.15. The Kier molecular flexibility index (Phi) is 9.01. The third-order valence-corrected chi connectivity index (χ3v) is 16.5. The van der Waals surface area contributed by atoms with E-state index in [9.17, 15) is 14.7 Å². The Hall–Kier alpha value is -3.82. The number of hydrogen-bond donors (Lipinski definition) is 1. The molecule has 1 saturated carbocycles. The normalized spacial score (nSPS) is 25.9. The van der Waals surface area contributed by atoms with Crippen LogP contribution in [0.1, 0.15) is 36.8 Å². The van der Waals surface area contributed by atoms with Gasteiger partial charge in [0.25, 0.3) is 0 Å². The second-order valence-corrected chi connectivity index (χ2v) is 19.0. The molecule has 56 heavy (non-hydrogen) atoms. The number of aryl methyl sites for hydroxylation is 2. The molecular weight excluding hydrogens is 952 g/mol. The van der Waals surface area contributed by atoms with E-state index < -0.39 is 46.8 Å². The van der Waals surface area contributed by atoms with Gasteiger partial charge in [-0.1, -0.05) is 39.2 Å². The number of fused-ring (bicyclic) bond motifs is 5. The van der Waals surface area contributed by atoms with Crippen molar-refractivity contribution in [2.24, 2.45) is 36.1 Å². The number of aromatic nitrogens is 2. The largest absolute Gasteiger partial charge is 0.503 e. The molecule has 6 atom stereocenters. The third-order valence-electron chi connectivity index (χ3n) is 12.3. The predicted octanol–water partition coefficient (Wildman–Crippen LogP) is 9.70. The number of hydrogen-bond acceptors (Lipinski definition) is 8. The number of imide groups is 2. The van der Waals surface area contributed by atoms with Crippen LogP contribution in [0.4, 0.5) is 11.5 Å². The number of phenolic OH excluding ortho intramolecular Hbond substituents is 1. The minimum Gasteiger partial charge on any atom is -0.503 e. The van der Waals surface area contributed by atoms with E-state index in [-0.39, 0.29) is 36.2 Å². The van der Waals surface area contributed by atoms with Crippen molar-refractivity contribution >= 4 is 116 Å². The molecule has 3 aromatic carbocycles. The fourth-order valence-corrected chi connectivity index (χ4v) is 12.2. The molecule has 2 aliphatic heterocycles. The maximum absolute atomic E-state index is 15.3. The molecule has 0 radical (unpaired) electrons. The number of aromatic hydroxyl groups is 1. The van der Waals surface area contributed by atoms with Gasteiger partial charge >= 0.3 is 0 Å². The van der Waals surface area contributed by atoms with E-state index in [2.05, 4.69) is 47.8 Å². The van der Waals surface area contributed by atoms with Gasteiger partial charge in [0.1, 0.15) is 11.5 Å². The van der Waals surface area contributed by atoms with Crippen LogP contribution in [0, 0.1) is 36.0 Å². The topological polar surface area (TPSA) is 122 Å². The van der Waals surface area contributed by atoms with Gasteiger partial charge in [-0.25, -0.2) is 4.90 Å². The highest BCUT2D eigenvalue weighted by Crippen LogP contribution is 2.65. The number of ether oxygens (including phenoxy) is 1. The lowest BCUT2D eigenvalue weighted by molar-refractivity contribution is -0.131. The van der Waals surface area contributed by atoms with Gasteiger partial charge in [0.05, 0.1) is 45.3 Å². The first-order valence-corrected chi connectivity index (χ1v) is 21.4. The number of phenols is 1. The number of nitrogens with zero attached hydrogens (tertiary/aromatic N) is 4. The summed E-state index contributed by atoms with van der Waals surface area (Å²) in [6.45, 7) is 3.82. The average molecular weight is 984 g/mol. The lowest BCUT2D eigenvalue weighted by Crippen LogP contribution is -2.49. The van der Waals surface area contributed by atoms with E-state index in [1.54, 1.807) is 59.5 Å². The minimum absolute atomic E-state index is 0.131. The zero-order valence-electron chi connectivity index (χ0n) is 30.3. The number of allylic oxidation sites excluding steroid dienone is 2. The van der Waals surface area contributed by atoms with Crippen LogP contribution in [0.25, 0.3) is 20.7 Å². The van der Waals surface area contributed by atoms with Gasteiger partial charge in [-0.2, -0.15) is 5.10 Å². The Morgan fingerprint density at radius 3 is 2.39 bits per heavy atom. The number of benzene rings is 3. The molecule has 6 unspecified atom stereocenters. The van der Waals surface area contributed by atoms with Gasteiger partial charge in [0.2, 0.25) is 23.6 Å². The first kappa shape index (κ1) is 37.7. The van der Waals surface area contributed by atoms with Gasteiger partial charge in [-0.3, -0.25) is 28.8 Å². The molecule has 286 valence electrons. The number of carbonyl (C=O) groups is 4. The SMILES string of the molecule is COc1cc(C2C3=CCC4C(=O)N(c5ccc(Br)cc5)C(=O)C4C3CC3C(=O)N(c4cc(-c5sc6ccc(Cl)cc6c5C)nn4C)C(=O)C32C)c(Br)c(Br)c1O. The molecule has 15 heteroatoms. The van der Waals surface area contributed by atoms with Gasteiger partial charge in [-0.05, 0) is 130 Å². The highest BCUT2D eigenvalue weighted by molar-refractivity contribution is 9.13. The molecule has 2 aliphatic carbocycles. The van der Waals surface area contributed by atoms with Crippen molar-refractivity contribution in [3.8, 4) is 22.1 Å². The summed E-state index contributed by atoms with van der Waals surface area (Å²) in [4.78, 5) is 62.3. The molecule has 4 amide bonds. The van der Waals surface area contributed by atoms with E-state index in [0.717, 1.165) is 30.6 Å². The summed E-state index contributed by atoms with van der Waals surface area (Å²) in [6.07, 6.45) is 2.46. The van der Waals surface area contributed by atoms with E-state index in [0.29, 0.717) is 36.7 Å². The maximum Gasteiger partial charge on any atom is 0.242 e. The molecule has 4 aliphatic rings. The number of carbonyl (C=O) groups excluding carboxylic acids is 4. The summed E-state index contributed by atoms with van der Waals surface area (Å²) in [5.74, 6) is -4.59. The molecule has 2 aromatic heterocycles. The van der Waals surface area contributed by atoms with E-state index >= 15 is 9.59 Å². The van der Waals surface area contributed by atoms with Crippen molar-refractivity contribution in [1.29, 1.82) is 0 Å². The molecule has 10 nitrogen and oxygen atoms in total. The van der Waals surface area contributed by atoms with Crippen LogP contribution in [-0.4, -0.2) is 45.6 Å². The molecule has 2 saturated heterocycles. The number of amides is 4. The average Bonchev–Trinajstić information content (AvgIpc) is 3.85. The van der Waals surface area contributed by atoms with Crippen molar-refractivity contribution in [3.05, 3.63) is 95.8 Å². The standard InChI is InChI=1S/C41H32Br3ClN4O6S/c1-17-23-13-19(45)7-12-29(23)56-36(17)27-16-30(47(3)46-27)49-38(52)26-14-24-21(10-11-22-31(24)39(53)48(37(22)51)20-8-5-18(42)6-9-20)32(41(26,2)40(49)54)25-15-28(55-4)35(50)34(44)33(25)43/h5-10,12-13,15-16,22,24,26,31-32,50H,11,14H2,1-4H3. The molecule has 4 heterocycles. The second-order valence-electron chi connectivity index (χ2n) is 15.0. The number of halogens is 4. The van der Waals surface area contributed by atoms with Crippen molar-refractivity contribution in [2.45, 2.75) is 32.6 Å². The molecule has 3 fully saturated rings. The van der Waals surface area contributed by atoms with Gasteiger partial charge < -0.3 is 9.84 Å². The van der Waals surface area contributed by atoms with Crippen molar-refractivity contribution in [1.82, 2.24) is 9.78 Å². The molecule has 0 bridgehead atoms. The lowest BCUT2D eigenvalue weighted by atomic mass is 9.51. The van der Waals surface area contributed by atoms with Crippen LogP contribution >= 0.6 is 70.7 Å². The number of thiophene rings is 1. The fraction of sp³-hybridized carbons (Fsp3) is 0.293. The predicted molar refractivity (Wildman–Crippen MR) is 225 cm³/mol. The Bertz CT molecular complexity index is 2620. The summed E-state index contributed by atoms with van der Waals surface area (Å²) in [5.41, 5.74) is 2.15. The van der Waals surface area contributed by atoms with Crippen LogP contribution in [0.2, 0.25) is 5.02 Å². The Morgan fingerprint density at radius 1 is 0.946 bits per heavy atom. The second kappa shape index (κ2) is 13.4. The van der Waals surface area contributed by atoms with Gasteiger partial charge in [-0.15, -0.1) is 11.3 Å². The highest BCUT2D eigenvalue weighted by atomic mass is 79.9. The quantitative estimate of drug-likeness (QED) is 0.138. The van der Waals surface area contributed by atoms with Crippen molar-refractivity contribution < 1.29 is 29.0 Å². The number of rotatable bonds is 5. The third kappa shape index (κ3) is 5.24. The summed E-state index contributed by atoms with van der Waals surface area (Å²) in [6, 6.07) is 16.2. The van der Waals surface area contributed by atoms with E-state index in [4.69, 9.17) is 21.4 Å². The van der Waals surface area contributed by atoms with Crippen LogP contribution in [0.3, 0.4) is 0 Å². The monoisotopic (exact) mass is 980 g/mol. The van der Waals surface area contributed by atoms with Gasteiger partial charge in [0.15, 0.2) is 11.5 Å². The first-order chi connectivity index (χ1) is 26.7. The van der Waals surface area contributed by atoms with Crippen LogP contribution in [-0.2, 0) is 26.2 Å². The molecule has 0 spiro atoms. The minimum atomic E-state index is -1.35. The van der Waals surface area contributed by atoms with Crippen LogP contribution in [0.5, 0.6) is 11.5 Å². The Labute approximate surface area is 355 Å². The van der Waals surface area contributed by atoms with Crippen molar-refractivity contribution in [3.63, 3.8) is 0 Å². The first-order valence-electron chi connectivity index (χ1n) is 17.9. The molecule has 1 N–H and O–H groups in total. The lowest BCUT2D eigenvalue weighted by Gasteiger charge is -2.49. The Balaban J connectivity index is 1.19. The number of methoxy groups -OCH3 is 1. The summed E-state index contributed by atoms with van der Waals surface area (Å²) in [5, 5.41) is 17.4. The van der Waals surface area contributed by atoms with Crippen LogP contribution < -0.4 is 14.5 Å².